The zero-order valence-corrected chi connectivity index (χ0v) is 22.2. The van der Waals surface area contributed by atoms with E-state index in [0.29, 0.717) is 12.8 Å². The minimum absolute atomic E-state index is 0. The quantitative estimate of drug-likeness (QED) is 0.194. The van der Waals surface area contributed by atoms with Gasteiger partial charge in [0.05, 0.1) is 16.2 Å². The minimum Gasteiger partial charge on any atom is -0.748 e. The Balaban J connectivity index is 0. The van der Waals surface area contributed by atoms with E-state index < -0.39 is 15.4 Å². The molecule has 27 heavy (non-hydrogen) atoms. The average Bonchev–Trinajstić information content (AvgIpc) is 2.59. The molecule has 0 radical (unpaired) electrons. The number of rotatable bonds is 19. The summed E-state index contributed by atoms with van der Waals surface area (Å²) in [6, 6.07) is 0. The normalized spacial score (nSPS) is 13.9. The zero-order chi connectivity index (χ0) is 19.7. The van der Waals surface area contributed by atoms with Crippen molar-refractivity contribution in [2.24, 2.45) is 0 Å². The Hall–Kier alpha value is 1.51. The Morgan fingerprint density at radius 2 is 1.04 bits per heavy atom. The van der Waals surface area contributed by atoms with Gasteiger partial charge in [0.2, 0.25) is 0 Å². The van der Waals surface area contributed by atoms with Gasteiger partial charge in [-0.1, -0.05) is 97.3 Å². The summed E-state index contributed by atoms with van der Waals surface area (Å²) < 4.78 is 34.0. The van der Waals surface area contributed by atoms with Gasteiger partial charge in [0.1, 0.15) is 0 Å². The van der Waals surface area contributed by atoms with Crippen molar-refractivity contribution in [2.45, 2.75) is 134 Å². The Morgan fingerprint density at radius 3 is 1.48 bits per heavy atom. The van der Waals surface area contributed by atoms with Crippen LogP contribution in [0.3, 0.4) is 0 Å². The van der Waals surface area contributed by atoms with Crippen LogP contribution in [0.5, 0.6) is 0 Å². The summed E-state index contributed by atoms with van der Waals surface area (Å²) >= 11 is 0. The molecule has 0 amide bonds. The molecule has 0 fully saturated rings. The van der Waals surface area contributed by atoms with Gasteiger partial charge >= 0.3 is 51.4 Å². The maximum Gasteiger partial charge on any atom is 1.00 e. The van der Waals surface area contributed by atoms with Crippen LogP contribution in [0.25, 0.3) is 0 Å². The smallest absolute Gasteiger partial charge is 0.748 e. The number of unbranched alkanes of at least 4 members (excludes halogenated alkanes) is 10. The second-order valence-corrected chi connectivity index (χ2v) is 9.46. The van der Waals surface area contributed by atoms with Gasteiger partial charge in [0.15, 0.2) is 0 Å². The molecule has 0 rings (SSSR count). The van der Waals surface area contributed by atoms with Crippen molar-refractivity contribution in [3.05, 3.63) is 0 Å². The van der Waals surface area contributed by atoms with Crippen molar-refractivity contribution in [3.63, 3.8) is 0 Å². The molecule has 0 saturated carbocycles. The van der Waals surface area contributed by atoms with Crippen LogP contribution < -0.4 is 51.4 Å². The summed E-state index contributed by atoms with van der Waals surface area (Å²) in [6.07, 6.45) is 16.9. The van der Waals surface area contributed by atoms with Crippen LogP contribution in [-0.2, 0) is 10.1 Å². The summed E-state index contributed by atoms with van der Waals surface area (Å²) in [5.74, 6) is 0. The molecule has 0 aliphatic carbocycles. The Labute approximate surface area is 211 Å². The molecule has 0 aliphatic rings. The predicted octanol–water partition coefficient (Wildman–Crippen LogP) is 2.94. The first kappa shape index (κ1) is 30.7. The van der Waals surface area contributed by atoms with E-state index in [2.05, 4.69) is 13.8 Å². The van der Waals surface area contributed by atoms with Crippen LogP contribution in [0, 0.1) is 0 Å². The van der Waals surface area contributed by atoms with Gasteiger partial charge in [-0.2, -0.15) is 0 Å². The van der Waals surface area contributed by atoms with Crippen molar-refractivity contribution in [1.82, 2.24) is 0 Å². The monoisotopic (exact) mass is 430 g/mol. The third kappa shape index (κ3) is 20.6. The Bertz CT molecular complexity index is 401. The standard InChI is InChI=1S/C21H44O4S.K/c1-3-5-13-18-21(26(23,24)25)19-15-12-10-8-7-9-11-14-17-20(22)16-6-4-2;/h20-22H,3-19H2,1-2H3,(H,23,24,25);/q;+1/p-1. The number of aliphatic hydroxyl groups is 1. The van der Waals surface area contributed by atoms with Gasteiger partial charge in [-0.25, -0.2) is 8.42 Å². The van der Waals surface area contributed by atoms with Gasteiger partial charge < -0.3 is 9.66 Å². The van der Waals surface area contributed by atoms with Crippen molar-refractivity contribution in [2.75, 3.05) is 0 Å². The fraction of sp³-hybridized carbons (Fsp3) is 1.00. The van der Waals surface area contributed by atoms with Crippen LogP contribution in [0.2, 0.25) is 0 Å². The van der Waals surface area contributed by atoms with Crippen molar-refractivity contribution in [3.8, 4) is 0 Å². The molecule has 0 heterocycles. The predicted molar refractivity (Wildman–Crippen MR) is 109 cm³/mol. The second-order valence-electron chi connectivity index (χ2n) is 7.81. The van der Waals surface area contributed by atoms with E-state index in [1.807, 2.05) is 0 Å². The minimum atomic E-state index is -4.14. The van der Waals surface area contributed by atoms with E-state index in [1.54, 1.807) is 0 Å². The summed E-state index contributed by atoms with van der Waals surface area (Å²) in [7, 11) is -4.14. The molecular formula is C21H43KO4S. The van der Waals surface area contributed by atoms with Gasteiger partial charge in [-0.15, -0.1) is 0 Å². The third-order valence-electron chi connectivity index (χ3n) is 5.24. The van der Waals surface area contributed by atoms with Crippen LogP contribution in [0.15, 0.2) is 0 Å². The van der Waals surface area contributed by atoms with Gasteiger partial charge in [-0.05, 0) is 25.7 Å². The first-order valence-corrected chi connectivity index (χ1v) is 12.5. The summed E-state index contributed by atoms with van der Waals surface area (Å²) in [4.78, 5) is 0. The van der Waals surface area contributed by atoms with Crippen molar-refractivity contribution in [1.29, 1.82) is 0 Å². The number of hydrogen-bond donors (Lipinski definition) is 1. The molecule has 0 aromatic rings. The van der Waals surface area contributed by atoms with E-state index >= 15 is 0 Å². The van der Waals surface area contributed by atoms with Crippen LogP contribution in [0.4, 0.5) is 0 Å². The molecule has 6 heteroatoms. The molecule has 0 aromatic heterocycles. The SMILES string of the molecule is CCCCCC(CCCCCCCCCCC(O)CCCC)S(=O)(=O)[O-].[K+]. The molecule has 1 N–H and O–H groups in total. The van der Waals surface area contributed by atoms with E-state index in [4.69, 9.17) is 0 Å². The molecule has 0 saturated heterocycles. The summed E-state index contributed by atoms with van der Waals surface area (Å²) in [5.41, 5.74) is 0. The maximum atomic E-state index is 11.3. The second kappa shape index (κ2) is 20.8. The maximum absolute atomic E-state index is 11.3. The molecular weight excluding hydrogens is 387 g/mol. The molecule has 0 aliphatic heterocycles. The number of hydrogen-bond acceptors (Lipinski definition) is 4. The molecule has 0 bridgehead atoms. The van der Waals surface area contributed by atoms with Crippen molar-refractivity contribution >= 4 is 10.1 Å². The zero-order valence-electron chi connectivity index (χ0n) is 18.3. The van der Waals surface area contributed by atoms with E-state index in [1.165, 1.54) is 25.7 Å². The molecule has 4 nitrogen and oxygen atoms in total. The summed E-state index contributed by atoms with van der Waals surface area (Å²) in [6.45, 7) is 4.23. The first-order valence-electron chi connectivity index (χ1n) is 11.0. The van der Waals surface area contributed by atoms with E-state index in [0.717, 1.165) is 70.6 Å². The largest absolute Gasteiger partial charge is 1.00 e. The molecule has 0 spiro atoms. The molecule has 158 valence electrons. The first-order chi connectivity index (χ1) is 12.4. The topological polar surface area (TPSA) is 77.4 Å². The van der Waals surface area contributed by atoms with Crippen LogP contribution in [0.1, 0.15) is 123 Å². The van der Waals surface area contributed by atoms with Gasteiger partial charge in [0, 0.05) is 5.25 Å². The number of aliphatic hydroxyl groups excluding tert-OH is 1. The molecule has 2 unspecified atom stereocenters. The van der Waals surface area contributed by atoms with Crippen LogP contribution >= 0.6 is 0 Å². The third-order valence-corrected chi connectivity index (χ3v) is 6.53. The van der Waals surface area contributed by atoms with Crippen molar-refractivity contribution < 1.29 is 69.5 Å². The summed E-state index contributed by atoms with van der Waals surface area (Å²) in [5, 5.41) is 9.11. The Kier molecular flexibility index (Phi) is 23.6. The van der Waals surface area contributed by atoms with Crippen LogP contribution in [-0.4, -0.2) is 29.4 Å². The van der Waals surface area contributed by atoms with E-state index in [-0.39, 0.29) is 57.5 Å². The van der Waals surface area contributed by atoms with Gasteiger partial charge in [0.25, 0.3) is 0 Å². The average molecular weight is 431 g/mol. The molecule has 2 atom stereocenters. The fourth-order valence-corrected chi connectivity index (χ4v) is 4.36. The fourth-order valence-electron chi connectivity index (χ4n) is 3.45. The van der Waals surface area contributed by atoms with E-state index in [9.17, 15) is 18.1 Å². The molecule has 0 aromatic carbocycles. The Morgan fingerprint density at radius 1 is 0.667 bits per heavy atom. The van der Waals surface area contributed by atoms with Gasteiger partial charge in [-0.3, -0.25) is 0 Å².